The highest BCUT2D eigenvalue weighted by molar-refractivity contribution is 5.02. The zero-order chi connectivity index (χ0) is 12.7. The Morgan fingerprint density at radius 3 is 2.18 bits per heavy atom. The van der Waals surface area contributed by atoms with Gasteiger partial charge in [-0.3, -0.25) is 0 Å². The predicted molar refractivity (Wildman–Crippen MR) is 57.0 cm³/mol. The molecular weight excluding hydrogens is 228 g/mol. The minimum absolute atomic E-state index is 0.0528. The number of ether oxygens (including phenoxy) is 3. The largest absolute Gasteiger partial charge is 0.396 e. The van der Waals surface area contributed by atoms with Gasteiger partial charge in [0.05, 0.1) is 13.2 Å². The van der Waals surface area contributed by atoms with Crippen LogP contribution >= 0.6 is 0 Å². The van der Waals surface area contributed by atoms with E-state index in [0.717, 1.165) is 0 Å². The van der Waals surface area contributed by atoms with Crippen LogP contribution in [0.15, 0.2) is 0 Å². The van der Waals surface area contributed by atoms with E-state index in [-0.39, 0.29) is 31.8 Å². The molecule has 2 fully saturated rings. The molecule has 0 amide bonds. The summed E-state index contributed by atoms with van der Waals surface area (Å²) in [4.78, 5) is 0. The zero-order valence-corrected chi connectivity index (χ0v) is 10.1. The zero-order valence-electron chi connectivity index (χ0n) is 10.1. The molecule has 0 spiro atoms. The Bertz CT molecular complexity index is 275. The van der Waals surface area contributed by atoms with E-state index in [4.69, 9.17) is 19.3 Å². The van der Waals surface area contributed by atoms with Crippen molar-refractivity contribution in [3.05, 3.63) is 0 Å². The molecule has 2 heterocycles. The molecule has 3 N–H and O–H groups in total. The van der Waals surface area contributed by atoms with Gasteiger partial charge in [0.15, 0.2) is 12.1 Å². The van der Waals surface area contributed by atoms with Crippen molar-refractivity contribution in [2.45, 2.75) is 44.1 Å². The SMILES string of the molecule is CC1(C)O[C@H]2OC(CO)(CO)[C@@H](CCO)[C@H]2O1. The highest BCUT2D eigenvalue weighted by atomic mass is 16.8. The monoisotopic (exact) mass is 248 g/mol. The van der Waals surface area contributed by atoms with Crippen LogP contribution in [-0.4, -0.2) is 58.9 Å². The number of aliphatic hydroxyl groups excluding tert-OH is 3. The summed E-state index contributed by atoms with van der Waals surface area (Å²) in [7, 11) is 0. The second-order valence-corrected chi connectivity index (χ2v) is 5.09. The Hall–Kier alpha value is -0.240. The highest BCUT2D eigenvalue weighted by Gasteiger charge is 2.60. The lowest BCUT2D eigenvalue weighted by atomic mass is 9.84. The van der Waals surface area contributed by atoms with Gasteiger partial charge in [-0.2, -0.15) is 0 Å². The van der Waals surface area contributed by atoms with Crippen molar-refractivity contribution in [1.82, 2.24) is 0 Å². The van der Waals surface area contributed by atoms with Crippen LogP contribution in [-0.2, 0) is 14.2 Å². The first kappa shape index (κ1) is 13.2. The van der Waals surface area contributed by atoms with E-state index in [0.29, 0.717) is 6.42 Å². The van der Waals surface area contributed by atoms with E-state index >= 15 is 0 Å². The van der Waals surface area contributed by atoms with Crippen LogP contribution in [0, 0.1) is 5.92 Å². The Labute approximate surface area is 100 Å². The molecule has 0 aliphatic carbocycles. The molecule has 0 radical (unpaired) electrons. The smallest absolute Gasteiger partial charge is 0.188 e. The van der Waals surface area contributed by atoms with Gasteiger partial charge in [-0.05, 0) is 20.3 Å². The van der Waals surface area contributed by atoms with Crippen LogP contribution in [0.25, 0.3) is 0 Å². The van der Waals surface area contributed by atoms with Crippen LogP contribution in [0.4, 0.5) is 0 Å². The van der Waals surface area contributed by atoms with Crippen molar-refractivity contribution in [2.75, 3.05) is 19.8 Å². The van der Waals surface area contributed by atoms with Crippen LogP contribution < -0.4 is 0 Å². The van der Waals surface area contributed by atoms with Crippen molar-refractivity contribution in [1.29, 1.82) is 0 Å². The van der Waals surface area contributed by atoms with Gasteiger partial charge in [0.25, 0.3) is 0 Å². The molecule has 0 aromatic rings. The first-order chi connectivity index (χ1) is 7.98. The number of fused-ring (bicyclic) bond motifs is 1. The average molecular weight is 248 g/mol. The van der Waals surface area contributed by atoms with Gasteiger partial charge in [0.1, 0.15) is 11.7 Å². The molecule has 6 nitrogen and oxygen atoms in total. The molecular formula is C11H20O6. The summed E-state index contributed by atoms with van der Waals surface area (Å²) in [6.45, 7) is 2.86. The fourth-order valence-electron chi connectivity index (χ4n) is 2.66. The molecule has 0 unspecified atom stereocenters. The third-order valence-electron chi connectivity index (χ3n) is 3.49. The van der Waals surface area contributed by atoms with Crippen molar-refractivity contribution < 1.29 is 29.5 Å². The number of hydrogen-bond donors (Lipinski definition) is 3. The summed E-state index contributed by atoms with van der Waals surface area (Å²) in [5, 5.41) is 27.9. The van der Waals surface area contributed by atoms with Gasteiger partial charge in [0.2, 0.25) is 0 Å². The maximum Gasteiger partial charge on any atom is 0.188 e. The lowest BCUT2D eigenvalue weighted by Crippen LogP contribution is -2.47. The van der Waals surface area contributed by atoms with Gasteiger partial charge in [0, 0.05) is 12.5 Å². The maximum atomic E-state index is 9.42. The Kier molecular flexibility index (Phi) is 3.46. The van der Waals surface area contributed by atoms with E-state index < -0.39 is 17.7 Å². The lowest BCUT2D eigenvalue weighted by molar-refractivity contribution is -0.246. The van der Waals surface area contributed by atoms with E-state index in [1.807, 2.05) is 0 Å². The summed E-state index contributed by atoms with van der Waals surface area (Å²) in [6, 6.07) is 0. The quantitative estimate of drug-likeness (QED) is 0.604. The summed E-state index contributed by atoms with van der Waals surface area (Å²) < 4.78 is 16.9. The highest BCUT2D eigenvalue weighted by Crippen LogP contribution is 2.46. The first-order valence-corrected chi connectivity index (χ1v) is 5.84. The van der Waals surface area contributed by atoms with Crippen molar-refractivity contribution in [3.63, 3.8) is 0 Å². The average Bonchev–Trinajstić information content (AvgIpc) is 2.71. The molecule has 100 valence electrons. The van der Waals surface area contributed by atoms with Gasteiger partial charge >= 0.3 is 0 Å². The molecule has 2 aliphatic heterocycles. The van der Waals surface area contributed by atoms with Crippen LogP contribution in [0.1, 0.15) is 20.3 Å². The van der Waals surface area contributed by atoms with Crippen molar-refractivity contribution >= 4 is 0 Å². The van der Waals surface area contributed by atoms with E-state index in [2.05, 4.69) is 0 Å². The number of hydrogen-bond acceptors (Lipinski definition) is 6. The fourth-order valence-corrected chi connectivity index (χ4v) is 2.66. The Balaban J connectivity index is 2.20. The van der Waals surface area contributed by atoms with E-state index in [1.165, 1.54) is 0 Å². The molecule has 0 saturated carbocycles. The second-order valence-electron chi connectivity index (χ2n) is 5.09. The predicted octanol–water partition coefficient (Wildman–Crippen LogP) is -0.784. The molecule has 2 rings (SSSR count). The standard InChI is InChI=1S/C11H20O6/c1-10(2)15-8-7(3-4-12)11(5-13,6-14)17-9(8)16-10/h7-9,12-14H,3-6H2,1-2H3/t7-,8+,9-/m0/s1. The van der Waals surface area contributed by atoms with Crippen LogP contribution in [0.2, 0.25) is 0 Å². The molecule has 2 saturated heterocycles. The van der Waals surface area contributed by atoms with Gasteiger partial charge in [-0.25, -0.2) is 0 Å². The molecule has 3 atom stereocenters. The first-order valence-electron chi connectivity index (χ1n) is 5.84. The maximum absolute atomic E-state index is 9.42. The van der Waals surface area contributed by atoms with E-state index in [1.54, 1.807) is 13.8 Å². The minimum atomic E-state index is -1.09. The number of rotatable bonds is 4. The summed E-state index contributed by atoms with van der Waals surface area (Å²) in [5.74, 6) is -1.02. The summed E-state index contributed by atoms with van der Waals surface area (Å²) >= 11 is 0. The van der Waals surface area contributed by atoms with Crippen LogP contribution in [0.3, 0.4) is 0 Å². The normalized spacial score (nSPS) is 38.3. The molecule has 6 heteroatoms. The number of aliphatic hydroxyl groups is 3. The Morgan fingerprint density at radius 1 is 1.00 bits per heavy atom. The van der Waals surface area contributed by atoms with Crippen molar-refractivity contribution in [2.24, 2.45) is 5.92 Å². The topological polar surface area (TPSA) is 88.4 Å². The molecule has 0 aromatic heterocycles. The summed E-state index contributed by atoms with van der Waals surface area (Å²) in [6.07, 6.45) is -0.570. The Morgan fingerprint density at radius 2 is 1.65 bits per heavy atom. The minimum Gasteiger partial charge on any atom is -0.396 e. The fraction of sp³-hybridized carbons (Fsp3) is 1.00. The molecule has 0 aromatic carbocycles. The van der Waals surface area contributed by atoms with E-state index in [9.17, 15) is 10.2 Å². The van der Waals surface area contributed by atoms with Gasteiger partial charge in [-0.1, -0.05) is 0 Å². The van der Waals surface area contributed by atoms with Crippen LogP contribution in [0.5, 0.6) is 0 Å². The second kappa shape index (κ2) is 4.46. The van der Waals surface area contributed by atoms with Gasteiger partial charge < -0.3 is 29.5 Å². The third-order valence-corrected chi connectivity index (χ3v) is 3.49. The summed E-state index contributed by atoms with van der Waals surface area (Å²) in [5.41, 5.74) is -1.09. The third kappa shape index (κ3) is 2.09. The van der Waals surface area contributed by atoms with Gasteiger partial charge in [-0.15, -0.1) is 0 Å². The molecule has 2 aliphatic rings. The molecule has 17 heavy (non-hydrogen) atoms. The lowest BCUT2D eigenvalue weighted by Gasteiger charge is -2.33. The van der Waals surface area contributed by atoms with Crippen molar-refractivity contribution in [3.8, 4) is 0 Å². The molecule has 0 bridgehead atoms.